The van der Waals surface area contributed by atoms with Crippen LogP contribution in [0.2, 0.25) is 0 Å². The van der Waals surface area contributed by atoms with Crippen LogP contribution >= 0.6 is 0 Å². The molecular formula is C22H26N2O3. The number of amides is 2. The van der Waals surface area contributed by atoms with Gasteiger partial charge in [0.1, 0.15) is 11.8 Å². The molecule has 0 spiro atoms. The van der Waals surface area contributed by atoms with Gasteiger partial charge in [0, 0.05) is 5.69 Å². The van der Waals surface area contributed by atoms with Gasteiger partial charge in [0.15, 0.2) is 0 Å². The van der Waals surface area contributed by atoms with E-state index in [0.717, 1.165) is 5.69 Å². The van der Waals surface area contributed by atoms with Gasteiger partial charge in [0.2, 0.25) is 5.91 Å². The summed E-state index contributed by atoms with van der Waals surface area (Å²) in [6.45, 7) is 8.95. The quantitative estimate of drug-likeness (QED) is 0.809. The molecule has 1 N–H and O–H groups in total. The van der Waals surface area contributed by atoms with Crippen molar-refractivity contribution in [3.63, 3.8) is 0 Å². The van der Waals surface area contributed by atoms with Crippen LogP contribution in [-0.2, 0) is 15.0 Å². The monoisotopic (exact) mass is 366 g/mol. The minimum absolute atomic E-state index is 0.0716. The summed E-state index contributed by atoms with van der Waals surface area (Å²) in [6, 6.07) is 14.5. The SMILES string of the molecule is CCOc1ccc(N2C(=O)CC(Nc3ccc(C(C)(C)C)cc3)C2=O)cc1. The van der Waals surface area contributed by atoms with Gasteiger partial charge in [-0.15, -0.1) is 0 Å². The number of nitrogens with zero attached hydrogens (tertiary/aromatic N) is 1. The van der Waals surface area contributed by atoms with Gasteiger partial charge in [-0.05, 0) is 54.3 Å². The third-order valence-electron chi connectivity index (χ3n) is 4.64. The van der Waals surface area contributed by atoms with Crippen LogP contribution in [0.4, 0.5) is 11.4 Å². The summed E-state index contributed by atoms with van der Waals surface area (Å²) in [7, 11) is 0. The zero-order valence-corrected chi connectivity index (χ0v) is 16.3. The van der Waals surface area contributed by atoms with E-state index >= 15 is 0 Å². The number of carbonyl (C=O) groups excluding carboxylic acids is 2. The second-order valence-corrected chi connectivity index (χ2v) is 7.72. The van der Waals surface area contributed by atoms with E-state index < -0.39 is 6.04 Å². The van der Waals surface area contributed by atoms with Crippen LogP contribution in [0.5, 0.6) is 5.75 Å². The van der Waals surface area contributed by atoms with E-state index in [4.69, 9.17) is 4.74 Å². The van der Waals surface area contributed by atoms with Crippen LogP contribution in [-0.4, -0.2) is 24.5 Å². The number of anilines is 2. The van der Waals surface area contributed by atoms with E-state index in [1.165, 1.54) is 10.5 Å². The molecule has 0 aromatic heterocycles. The Bertz CT molecular complexity index is 820. The normalized spacial score (nSPS) is 17.3. The summed E-state index contributed by atoms with van der Waals surface area (Å²) >= 11 is 0. The molecule has 0 bridgehead atoms. The smallest absolute Gasteiger partial charge is 0.256 e. The first-order valence-electron chi connectivity index (χ1n) is 9.26. The number of hydrogen-bond donors (Lipinski definition) is 1. The molecule has 1 heterocycles. The highest BCUT2D eigenvalue weighted by atomic mass is 16.5. The van der Waals surface area contributed by atoms with Crippen LogP contribution in [0, 0.1) is 0 Å². The molecule has 2 amide bonds. The second-order valence-electron chi connectivity index (χ2n) is 7.72. The fourth-order valence-electron chi connectivity index (χ4n) is 3.14. The van der Waals surface area contributed by atoms with E-state index in [0.29, 0.717) is 18.0 Å². The van der Waals surface area contributed by atoms with Crippen molar-refractivity contribution in [2.75, 3.05) is 16.8 Å². The number of nitrogens with one attached hydrogen (secondary N) is 1. The predicted molar refractivity (Wildman–Crippen MR) is 107 cm³/mol. The van der Waals surface area contributed by atoms with Crippen molar-refractivity contribution in [3.8, 4) is 5.75 Å². The van der Waals surface area contributed by atoms with Gasteiger partial charge in [0.25, 0.3) is 5.91 Å². The van der Waals surface area contributed by atoms with Crippen LogP contribution in [0.25, 0.3) is 0 Å². The fraction of sp³-hybridized carbons (Fsp3) is 0.364. The van der Waals surface area contributed by atoms with Gasteiger partial charge in [-0.25, -0.2) is 4.90 Å². The van der Waals surface area contributed by atoms with E-state index in [2.05, 4.69) is 26.1 Å². The number of ether oxygens (including phenoxy) is 1. The molecule has 1 aliphatic rings. The molecule has 5 heteroatoms. The van der Waals surface area contributed by atoms with Gasteiger partial charge in [0.05, 0.1) is 18.7 Å². The molecule has 3 rings (SSSR count). The molecule has 1 aliphatic heterocycles. The van der Waals surface area contributed by atoms with E-state index in [1.54, 1.807) is 24.3 Å². The highest BCUT2D eigenvalue weighted by Crippen LogP contribution is 2.28. The first kappa shape index (κ1) is 19.0. The largest absolute Gasteiger partial charge is 0.494 e. The van der Waals surface area contributed by atoms with Gasteiger partial charge in [-0.3, -0.25) is 9.59 Å². The molecule has 1 unspecified atom stereocenters. The molecule has 0 saturated carbocycles. The Labute approximate surface area is 160 Å². The molecular weight excluding hydrogens is 340 g/mol. The van der Waals surface area contributed by atoms with Gasteiger partial charge >= 0.3 is 0 Å². The zero-order valence-electron chi connectivity index (χ0n) is 16.3. The minimum Gasteiger partial charge on any atom is -0.494 e. The Morgan fingerprint density at radius 3 is 2.22 bits per heavy atom. The molecule has 2 aromatic rings. The highest BCUT2D eigenvalue weighted by molar-refractivity contribution is 6.23. The van der Waals surface area contributed by atoms with Crippen molar-refractivity contribution in [3.05, 3.63) is 54.1 Å². The third-order valence-corrected chi connectivity index (χ3v) is 4.64. The number of rotatable bonds is 5. The van der Waals surface area contributed by atoms with Crippen LogP contribution < -0.4 is 15.0 Å². The standard InChI is InChI=1S/C22H26N2O3/c1-5-27-18-12-10-17(11-13-18)24-20(25)14-19(21(24)26)23-16-8-6-15(7-9-16)22(2,3)4/h6-13,19,23H,5,14H2,1-4H3. The van der Waals surface area contributed by atoms with Crippen molar-refractivity contribution in [1.82, 2.24) is 0 Å². The topological polar surface area (TPSA) is 58.6 Å². The van der Waals surface area contributed by atoms with E-state index in [1.807, 2.05) is 31.2 Å². The van der Waals surface area contributed by atoms with Gasteiger partial charge < -0.3 is 10.1 Å². The summed E-state index contributed by atoms with van der Waals surface area (Å²) in [5.74, 6) is 0.283. The van der Waals surface area contributed by atoms with Gasteiger partial charge in [-0.2, -0.15) is 0 Å². The molecule has 27 heavy (non-hydrogen) atoms. The minimum atomic E-state index is -0.551. The summed E-state index contributed by atoms with van der Waals surface area (Å²) < 4.78 is 5.41. The fourth-order valence-corrected chi connectivity index (χ4v) is 3.14. The molecule has 142 valence electrons. The molecule has 2 aromatic carbocycles. The lowest BCUT2D eigenvalue weighted by Gasteiger charge is -2.20. The maximum absolute atomic E-state index is 12.8. The highest BCUT2D eigenvalue weighted by Gasteiger charge is 2.39. The first-order valence-corrected chi connectivity index (χ1v) is 9.26. The lowest BCUT2D eigenvalue weighted by atomic mass is 9.87. The molecule has 0 radical (unpaired) electrons. The van der Waals surface area contributed by atoms with Crippen molar-refractivity contribution in [2.45, 2.75) is 45.6 Å². The zero-order chi connectivity index (χ0) is 19.6. The molecule has 1 saturated heterocycles. The molecule has 1 fully saturated rings. The van der Waals surface area contributed by atoms with Crippen LogP contribution in [0.3, 0.4) is 0 Å². The van der Waals surface area contributed by atoms with Crippen molar-refractivity contribution in [1.29, 1.82) is 0 Å². The Morgan fingerprint density at radius 2 is 1.67 bits per heavy atom. The number of carbonyl (C=O) groups is 2. The summed E-state index contributed by atoms with van der Waals surface area (Å²) in [5, 5.41) is 3.19. The number of imide groups is 1. The molecule has 5 nitrogen and oxygen atoms in total. The van der Waals surface area contributed by atoms with Gasteiger partial charge in [-0.1, -0.05) is 32.9 Å². The Morgan fingerprint density at radius 1 is 1.04 bits per heavy atom. The van der Waals surface area contributed by atoms with E-state index in [-0.39, 0.29) is 23.7 Å². The summed E-state index contributed by atoms with van der Waals surface area (Å²) in [4.78, 5) is 26.4. The van der Waals surface area contributed by atoms with Crippen molar-refractivity contribution in [2.24, 2.45) is 0 Å². The van der Waals surface area contributed by atoms with Crippen LogP contribution in [0.1, 0.15) is 39.7 Å². The lowest BCUT2D eigenvalue weighted by Crippen LogP contribution is -2.34. The average Bonchev–Trinajstić information content (AvgIpc) is 2.89. The first-order chi connectivity index (χ1) is 12.8. The molecule has 0 aliphatic carbocycles. The maximum atomic E-state index is 12.8. The Balaban J connectivity index is 1.72. The van der Waals surface area contributed by atoms with Crippen molar-refractivity contribution < 1.29 is 14.3 Å². The lowest BCUT2D eigenvalue weighted by molar-refractivity contribution is -0.121. The van der Waals surface area contributed by atoms with E-state index in [9.17, 15) is 9.59 Å². The van der Waals surface area contributed by atoms with Crippen LogP contribution in [0.15, 0.2) is 48.5 Å². The third kappa shape index (κ3) is 4.13. The van der Waals surface area contributed by atoms with Crippen molar-refractivity contribution >= 4 is 23.2 Å². The number of benzene rings is 2. The Kier molecular flexibility index (Phi) is 5.22. The predicted octanol–water partition coefficient (Wildman–Crippen LogP) is 4.13. The number of hydrogen-bond acceptors (Lipinski definition) is 4. The maximum Gasteiger partial charge on any atom is 0.256 e. The Hall–Kier alpha value is -2.82. The summed E-state index contributed by atoms with van der Waals surface area (Å²) in [6.07, 6.45) is 0.146. The molecule has 1 atom stereocenters. The second kappa shape index (κ2) is 7.43. The summed E-state index contributed by atoms with van der Waals surface area (Å²) in [5.41, 5.74) is 2.70. The average molecular weight is 366 g/mol.